The fraction of sp³-hybridized carbons (Fsp3) is 0.0714. The van der Waals surface area contributed by atoms with E-state index in [4.69, 9.17) is 5.73 Å². The van der Waals surface area contributed by atoms with Gasteiger partial charge in [-0.1, -0.05) is 12.1 Å². The van der Waals surface area contributed by atoms with E-state index in [-0.39, 0.29) is 5.91 Å². The van der Waals surface area contributed by atoms with Gasteiger partial charge in [0, 0.05) is 11.5 Å². The summed E-state index contributed by atoms with van der Waals surface area (Å²) in [5, 5.41) is 0. The molecule has 2 aromatic carbocycles. The lowest BCUT2D eigenvalue weighted by Crippen LogP contribution is -2.27. The molecule has 0 aliphatic rings. The molecule has 0 aromatic heterocycles. The number of benzene rings is 2. The minimum atomic E-state index is -0.398. The fourth-order valence-corrected chi connectivity index (χ4v) is 2.27. The van der Waals surface area contributed by atoms with E-state index in [1.807, 2.05) is 0 Å². The van der Waals surface area contributed by atoms with Gasteiger partial charge in [0.1, 0.15) is 5.82 Å². The number of nitrogens with two attached hydrogens (primary N) is 1. The molecule has 0 radical (unpaired) electrons. The second-order valence-corrected chi connectivity index (χ2v) is 4.90. The van der Waals surface area contributed by atoms with Gasteiger partial charge in [0.05, 0.1) is 16.9 Å². The Morgan fingerprint density at radius 3 is 2.58 bits per heavy atom. The molecule has 5 heteroatoms. The van der Waals surface area contributed by atoms with Crippen LogP contribution >= 0.6 is 15.9 Å². The number of carbonyl (C=O) groups excluding carboxylic acids is 1. The number of hydrogen-bond donors (Lipinski definition) is 1. The average Bonchev–Trinajstić information content (AvgIpc) is 2.38. The van der Waals surface area contributed by atoms with E-state index in [9.17, 15) is 9.18 Å². The molecule has 3 nitrogen and oxygen atoms in total. The van der Waals surface area contributed by atoms with Gasteiger partial charge < -0.3 is 10.6 Å². The molecule has 2 N–H and O–H groups in total. The molecule has 0 aliphatic heterocycles. The van der Waals surface area contributed by atoms with E-state index >= 15 is 0 Å². The highest BCUT2D eigenvalue weighted by atomic mass is 79.9. The predicted molar refractivity (Wildman–Crippen MR) is 77.7 cm³/mol. The molecule has 0 fully saturated rings. The zero-order valence-electron chi connectivity index (χ0n) is 10.2. The summed E-state index contributed by atoms with van der Waals surface area (Å²) in [6, 6.07) is 11.0. The highest BCUT2D eigenvalue weighted by Crippen LogP contribution is 2.25. The number of nitrogen functional groups attached to an aromatic ring is 1. The van der Waals surface area contributed by atoms with E-state index in [1.54, 1.807) is 31.3 Å². The van der Waals surface area contributed by atoms with E-state index < -0.39 is 5.82 Å². The predicted octanol–water partition coefficient (Wildman–Crippen LogP) is 3.45. The summed E-state index contributed by atoms with van der Waals surface area (Å²) in [6.07, 6.45) is 0. The number of rotatable bonds is 2. The molecule has 0 aliphatic carbocycles. The number of halogens is 2. The van der Waals surface area contributed by atoms with Crippen LogP contribution in [0, 0.1) is 5.82 Å². The van der Waals surface area contributed by atoms with Crippen LogP contribution in [0.15, 0.2) is 46.9 Å². The maximum atomic E-state index is 13.0. The maximum absolute atomic E-state index is 13.0. The first-order valence-electron chi connectivity index (χ1n) is 5.58. The van der Waals surface area contributed by atoms with Gasteiger partial charge in [-0.05, 0) is 46.3 Å². The van der Waals surface area contributed by atoms with Gasteiger partial charge in [0.2, 0.25) is 0 Å². The van der Waals surface area contributed by atoms with Crippen molar-refractivity contribution >= 4 is 33.2 Å². The molecule has 2 aromatic rings. The minimum Gasteiger partial charge on any atom is -0.397 e. The summed E-state index contributed by atoms with van der Waals surface area (Å²) < 4.78 is 13.4. The Balaban J connectivity index is 2.37. The monoisotopic (exact) mass is 322 g/mol. The Labute approximate surface area is 119 Å². The molecular formula is C14H12BrFN2O. The van der Waals surface area contributed by atoms with Crippen molar-refractivity contribution < 1.29 is 9.18 Å². The standard InChI is InChI=1S/C14H12BrFN2O/c1-18(13-5-3-2-4-12(13)17)14(19)10-7-6-9(16)8-11(10)15/h2-8H,17H2,1H3. The smallest absolute Gasteiger partial charge is 0.259 e. The molecule has 98 valence electrons. The highest BCUT2D eigenvalue weighted by Gasteiger charge is 2.18. The fourth-order valence-electron chi connectivity index (χ4n) is 1.75. The van der Waals surface area contributed by atoms with Crippen LogP contribution in [0.1, 0.15) is 10.4 Å². The molecular weight excluding hydrogens is 311 g/mol. The van der Waals surface area contributed by atoms with Crippen molar-refractivity contribution in [3.05, 3.63) is 58.3 Å². The lowest BCUT2D eigenvalue weighted by atomic mass is 10.1. The number of amides is 1. The molecule has 0 saturated carbocycles. The van der Waals surface area contributed by atoms with Crippen molar-refractivity contribution in [2.24, 2.45) is 0 Å². The van der Waals surface area contributed by atoms with Crippen LogP contribution in [0.4, 0.5) is 15.8 Å². The van der Waals surface area contributed by atoms with Crippen LogP contribution in [-0.4, -0.2) is 13.0 Å². The molecule has 2 rings (SSSR count). The van der Waals surface area contributed by atoms with E-state index in [1.165, 1.54) is 23.1 Å². The summed E-state index contributed by atoms with van der Waals surface area (Å²) in [5.74, 6) is -0.657. The van der Waals surface area contributed by atoms with Gasteiger partial charge in [0.15, 0.2) is 0 Å². The van der Waals surface area contributed by atoms with Gasteiger partial charge in [-0.25, -0.2) is 4.39 Å². The van der Waals surface area contributed by atoms with E-state index in [0.29, 0.717) is 21.4 Å². The van der Waals surface area contributed by atoms with Gasteiger partial charge in [-0.3, -0.25) is 4.79 Å². The summed E-state index contributed by atoms with van der Waals surface area (Å²) in [4.78, 5) is 13.8. The van der Waals surface area contributed by atoms with Crippen LogP contribution in [0.3, 0.4) is 0 Å². The van der Waals surface area contributed by atoms with E-state index in [2.05, 4.69) is 15.9 Å². The zero-order chi connectivity index (χ0) is 14.0. The first-order valence-corrected chi connectivity index (χ1v) is 6.37. The lowest BCUT2D eigenvalue weighted by molar-refractivity contribution is 0.0992. The van der Waals surface area contributed by atoms with Crippen molar-refractivity contribution in [2.45, 2.75) is 0 Å². The third-order valence-corrected chi connectivity index (χ3v) is 3.42. The maximum Gasteiger partial charge on any atom is 0.259 e. The number of hydrogen-bond acceptors (Lipinski definition) is 2. The van der Waals surface area contributed by atoms with Gasteiger partial charge in [-0.2, -0.15) is 0 Å². The molecule has 1 amide bonds. The van der Waals surface area contributed by atoms with Gasteiger partial charge in [0.25, 0.3) is 5.91 Å². The minimum absolute atomic E-state index is 0.259. The van der Waals surface area contributed by atoms with Crippen LogP contribution in [0.5, 0.6) is 0 Å². The molecule has 0 heterocycles. The third kappa shape index (κ3) is 2.76. The average molecular weight is 323 g/mol. The Kier molecular flexibility index (Phi) is 3.85. The molecule has 19 heavy (non-hydrogen) atoms. The third-order valence-electron chi connectivity index (χ3n) is 2.76. The number of anilines is 2. The SMILES string of the molecule is CN(C(=O)c1ccc(F)cc1Br)c1ccccc1N. The second kappa shape index (κ2) is 5.40. The summed E-state index contributed by atoms with van der Waals surface area (Å²) in [7, 11) is 1.63. The van der Waals surface area contributed by atoms with Gasteiger partial charge >= 0.3 is 0 Å². The first-order chi connectivity index (χ1) is 9.00. The van der Waals surface area contributed by atoms with Crippen LogP contribution in [0.25, 0.3) is 0 Å². The molecule has 0 bridgehead atoms. The normalized spacial score (nSPS) is 10.3. The Morgan fingerprint density at radius 1 is 1.26 bits per heavy atom. The van der Waals surface area contributed by atoms with Crippen LogP contribution < -0.4 is 10.6 Å². The number of carbonyl (C=O) groups is 1. The second-order valence-electron chi connectivity index (χ2n) is 4.05. The van der Waals surface area contributed by atoms with Crippen molar-refractivity contribution in [1.82, 2.24) is 0 Å². The molecule has 0 spiro atoms. The molecule has 0 unspecified atom stereocenters. The topological polar surface area (TPSA) is 46.3 Å². The summed E-state index contributed by atoms with van der Waals surface area (Å²) >= 11 is 3.19. The lowest BCUT2D eigenvalue weighted by Gasteiger charge is -2.19. The highest BCUT2D eigenvalue weighted by molar-refractivity contribution is 9.10. The Hall–Kier alpha value is -1.88. The summed E-state index contributed by atoms with van der Waals surface area (Å²) in [6.45, 7) is 0. The zero-order valence-corrected chi connectivity index (χ0v) is 11.8. The Bertz CT molecular complexity index is 631. The van der Waals surface area contributed by atoms with Crippen LogP contribution in [0.2, 0.25) is 0 Å². The van der Waals surface area contributed by atoms with Crippen molar-refractivity contribution in [2.75, 3.05) is 17.7 Å². The van der Waals surface area contributed by atoms with Crippen molar-refractivity contribution in [3.8, 4) is 0 Å². The van der Waals surface area contributed by atoms with E-state index in [0.717, 1.165) is 0 Å². The van der Waals surface area contributed by atoms with Gasteiger partial charge in [-0.15, -0.1) is 0 Å². The Morgan fingerprint density at radius 2 is 1.95 bits per heavy atom. The van der Waals surface area contributed by atoms with Crippen LogP contribution in [-0.2, 0) is 0 Å². The molecule has 0 saturated heterocycles. The first kappa shape index (κ1) is 13.5. The quantitative estimate of drug-likeness (QED) is 0.861. The largest absolute Gasteiger partial charge is 0.397 e. The molecule has 0 atom stereocenters. The van der Waals surface area contributed by atoms with Crippen molar-refractivity contribution in [3.63, 3.8) is 0 Å². The number of para-hydroxylation sites is 2. The number of nitrogens with zero attached hydrogens (tertiary/aromatic N) is 1. The summed E-state index contributed by atoms with van der Waals surface area (Å²) in [5.41, 5.74) is 7.34. The van der Waals surface area contributed by atoms with Crippen molar-refractivity contribution in [1.29, 1.82) is 0 Å².